The van der Waals surface area contributed by atoms with Crippen LogP contribution in [0.15, 0.2) is 45.6 Å². The Morgan fingerprint density at radius 2 is 1.29 bits per heavy atom. The Hall–Kier alpha value is -1.14. The van der Waals surface area contributed by atoms with Gasteiger partial charge in [-0.25, -0.2) is 9.97 Å². The highest BCUT2D eigenvalue weighted by molar-refractivity contribution is 9.10. The van der Waals surface area contributed by atoms with Crippen LogP contribution in [-0.4, -0.2) is 16.6 Å². The van der Waals surface area contributed by atoms with E-state index in [9.17, 15) is 0 Å². The van der Waals surface area contributed by atoms with Crippen LogP contribution in [0.2, 0.25) is 0 Å². The fourth-order valence-corrected chi connectivity index (χ4v) is 1.66. The summed E-state index contributed by atoms with van der Waals surface area (Å²) in [4.78, 5) is 8.40. The van der Waals surface area contributed by atoms with Crippen LogP contribution in [0.25, 0.3) is 0 Å². The van der Waals surface area contributed by atoms with Gasteiger partial charge in [0.05, 0.1) is 6.67 Å². The molecule has 0 fully saturated rings. The van der Waals surface area contributed by atoms with Crippen molar-refractivity contribution in [3.05, 3.63) is 45.6 Å². The zero-order valence-electron chi connectivity index (χ0n) is 8.82. The van der Waals surface area contributed by atoms with Gasteiger partial charge in [0.1, 0.15) is 11.6 Å². The molecule has 0 aliphatic heterocycles. The smallest absolute Gasteiger partial charge is 0.127 e. The van der Waals surface area contributed by atoms with E-state index in [1.807, 2.05) is 24.3 Å². The molecule has 0 amide bonds. The van der Waals surface area contributed by atoms with Gasteiger partial charge in [-0.2, -0.15) is 0 Å². The number of aromatic nitrogens is 2. The van der Waals surface area contributed by atoms with Gasteiger partial charge in [-0.1, -0.05) is 0 Å². The Balaban J connectivity index is 1.83. The molecule has 0 aromatic carbocycles. The molecule has 0 saturated carbocycles. The number of nitrogens with one attached hydrogen (secondary N) is 2. The van der Waals surface area contributed by atoms with Gasteiger partial charge >= 0.3 is 0 Å². The van der Waals surface area contributed by atoms with Gasteiger partial charge in [0.15, 0.2) is 0 Å². The van der Waals surface area contributed by atoms with Crippen molar-refractivity contribution in [2.75, 3.05) is 17.3 Å². The van der Waals surface area contributed by atoms with E-state index in [4.69, 9.17) is 0 Å². The van der Waals surface area contributed by atoms with E-state index in [2.05, 4.69) is 52.5 Å². The predicted octanol–water partition coefficient (Wildman–Crippen LogP) is 3.48. The highest BCUT2D eigenvalue weighted by Crippen LogP contribution is 2.11. The predicted molar refractivity (Wildman–Crippen MR) is 76.0 cm³/mol. The molecule has 0 spiro atoms. The molecule has 2 aromatic heterocycles. The van der Waals surface area contributed by atoms with Gasteiger partial charge in [-0.3, -0.25) is 0 Å². The maximum Gasteiger partial charge on any atom is 0.127 e. The van der Waals surface area contributed by atoms with Gasteiger partial charge in [0.25, 0.3) is 0 Å². The average Bonchev–Trinajstić information content (AvgIpc) is 2.34. The van der Waals surface area contributed by atoms with E-state index in [1.165, 1.54) is 0 Å². The standard InChI is InChI=1S/C11H10Br2N4/c12-8-1-3-10(14-5-8)16-7-17-11-4-2-9(13)6-15-11/h1-6H,7H2,(H,14,16)(H,15,17). The number of nitrogens with zero attached hydrogens (tertiary/aromatic N) is 2. The van der Waals surface area contributed by atoms with E-state index < -0.39 is 0 Å². The monoisotopic (exact) mass is 356 g/mol. The first-order valence-electron chi connectivity index (χ1n) is 4.95. The van der Waals surface area contributed by atoms with Crippen molar-refractivity contribution in [3.8, 4) is 0 Å². The van der Waals surface area contributed by atoms with Crippen LogP contribution < -0.4 is 10.6 Å². The topological polar surface area (TPSA) is 49.8 Å². The molecule has 2 heterocycles. The van der Waals surface area contributed by atoms with E-state index in [1.54, 1.807) is 12.4 Å². The van der Waals surface area contributed by atoms with Crippen molar-refractivity contribution in [1.29, 1.82) is 0 Å². The maximum atomic E-state index is 4.20. The Bertz CT molecular complexity index is 424. The second kappa shape index (κ2) is 5.97. The minimum atomic E-state index is 0.573. The summed E-state index contributed by atoms with van der Waals surface area (Å²) in [7, 11) is 0. The number of halogens is 2. The lowest BCUT2D eigenvalue weighted by atomic mass is 10.4. The summed E-state index contributed by atoms with van der Waals surface area (Å²) < 4.78 is 1.93. The summed E-state index contributed by atoms with van der Waals surface area (Å²) >= 11 is 6.67. The minimum absolute atomic E-state index is 0.573. The number of pyridine rings is 2. The van der Waals surface area contributed by atoms with E-state index in [0.29, 0.717) is 6.67 Å². The van der Waals surface area contributed by atoms with Crippen molar-refractivity contribution in [2.24, 2.45) is 0 Å². The Kier molecular flexibility index (Phi) is 4.33. The van der Waals surface area contributed by atoms with Crippen molar-refractivity contribution in [2.45, 2.75) is 0 Å². The first kappa shape index (κ1) is 12.3. The lowest BCUT2D eigenvalue weighted by Gasteiger charge is -2.07. The molecule has 0 bridgehead atoms. The lowest BCUT2D eigenvalue weighted by Crippen LogP contribution is -2.13. The third kappa shape index (κ3) is 3.98. The first-order chi connectivity index (χ1) is 8.24. The van der Waals surface area contributed by atoms with Crippen molar-refractivity contribution < 1.29 is 0 Å². The molecule has 0 unspecified atom stereocenters. The molecule has 2 N–H and O–H groups in total. The third-order valence-corrected chi connectivity index (χ3v) is 2.93. The summed E-state index contributed by atoms with van der Waals surface area (Å²) in [6.45, 7) is 0.573. The van der Waals surface area contributed by atoms with Crippen LogP contribution in [-0.2, 0) is 0 Å². The highest BCUT2D eigenvalue weighted by Gasteiger charge is 1.94. The number of anilines is 2. The van der Waals surface area contributed by atoms with Crippen molar-refractivity contribution in [1.82, 2.24) is 9.97 Å². The second-order valence-corrected chi connectivity index (χ2v) is 5.08. The number of rotatable bonds is 4. The van der Waals surface area contributed by atoms with Crippen molar-refractivity contribution >= 4 is 43.5 Å². The summed E-state index contributed by atoms with van der Waals surface area (Å²) in [5.74, 6) is 1.63. The molecule has 17 heavy (non-hydrogen) atoms. The fourth-order valence-electron chi connectivity index (χ4n) is 1.19. The van der Waals surface area contributed by atoms with Gasteiger partial charge < -0.3 is 10.6 Å². The quantitative estimate of drug-likeness (QED) is 0.822. The van der Waals surface area contributed by atoms with Gasteiger partial charge in [-0.15, -0.1) is 0 Å². The normalized spacial score (nSPS) is 10.0. The Labute approximate surface area is 116 Å². The van der Waals surface area contributed by atoms with E-state index >= 15 is 0 Å². The van der Waals surface area contributed by atoms with Crippen LogP contribution in [0, 0.1) is 0 Å². The maximum absolute atomic E-state index is 4.20. The van der Waals surface area contributed by atoms with Crippen LogP contribution >= 0.6 is 31.9 Å². The Morgan fingerprint density at radius 3 is 1.65 bits per heavy atom. The van der Waals surface area contributed by atoms with Crippen LogP contribution in [0.1, 0.15) is 0 Å². The first-order valence-corrected chi connectivity index (χ1v) is 6.53. The molecule has 0 radical (unpaired) electrons. The zero-order valence-corrected chi connectivity index (χ0v) is 12.0. The Morgan fingerprint density at radius 1 is 0.824 bits per heavy atom. The molecule has 0 aliphatic carbocycles. The van der Waals surface area contributed by atoms with E-state index in [-0.39, 0.29) is 0 Å². The van der Waals surface area contributed by atoms with Gasteiger partial charge in [-0.05, 0) is 56.1 Å². The van der Waals surface area contributed by atoms with Crippen LogP contribution in [0.5, 0.6) is 0 Å². The molecule has 2 aromatic rings. The number of hydrogen-bond acceptors (Lipinski definition) is 4. The van der Waals surface area contributed by atoms with E-state index in [0.717, 1.165) is 20.6 Å². The molecule has 0 aliphatic rings. The van der Waals surface area contributed by atoms with Crippen LogP contribution in [0.3, 0.4) is 0 Å². The molecule has 2 rings (SSSR count). The number of hydrogen-bond donors (Lipinski definition) is 2. The second-order valence-electron chi connectivity index (χ2n) is 3.25. The largest absolute Gasteiger partial charge is 0.353 e. The molecule has 4 nitrogen and oxygen atoms in total. The summed E-state index contributed by atoms with van der Waals surface area (Å²) in [6.07, 6.45) is 3.50. The molecule has 0 atom stereocenters. The summed E-state index contributed by atoms with van der Waals surface area (Å²) in [5.41, 5.74) is 0. The average molecular weight is 358 g/mol. The van der Waals surface area contributed by atoms with Gasteiger partial charge in [0, 0.05) is 21.3 Å². The van der Waals surface area contributed by atoms with Crippen molar-refractivity contribution in [3.63, 3.8) is 0 Å². The summed E-state index contributed by atoms with van der Waals surface area (Å²) in [6, 6.07) is 7.68. The fraction of sp³-hybridized carbons (Fsp3) is 0.0909. The highest BCUT2D eigenvalue weighted by atomic mass is 79.9. The molecule has 88 valence electrons. The summed E-state index contributed by atoms with van der Waals surface area (Å²) in [5, 5.41) is 6.28. The molecular weight excluding hydrogens is 348 g/mol. The zero-order chi connectivity index (χ0) is 12.1. The van der Waals surface area contributed by atoms with Crippen LogP contribution in [0.4, 0.5) is 11.6 Å². The lowest BCUT2D eigenvalue weighted by molar-refractivity contribution is 1.13. The molecule has 6 heteroatoms. The minimum Gasteiger partial charge on any atom is -0.353 e. The molecular formula is C11H10Br2N4. The SMILES string of the molecule is Brc1ccc(NCNc2ccc(Br)cn2)nc1. The van der Waals surface area contributed by atoms with Gasteiger partial charge in [0.2, 0.25) is 0 Å². The molecule has 0 saturated heterocycles. The third-order valence-electron chi connectivity index (χ3n) is 1.99.